The smallest absolute Gasteiger partial charge is 0.255 e. The third-order valence-corrected chi connectivity index (χ3v) is 13.9. The molecule has 63 heavy (non-hydrogen) atoms. The molecule has 10 rings (SSSR count). The van der Waals surface area contributed by atoms with Gasteiger partial charge in [0.25, 0.3) is 11.8 Å². The van der Waals surface area contributed by atoms with Crippen molar-refractivity contribution in [3.05, 3.63) is 94.4 Å². The summed E-state index contributed by atoms with van der Waals surface area (Å²) in [5.41, 5.74) is 4.70. The number of piperidine rings is 3. The topological polar surface area (TPSA) is 193 Å². The summed E-state index contributed by atoms with van der Waals surface area (Å²) >= 11 is 1.27. The Bertz CT molecular complexity index is 2560. The molecule has 2 atom stereocenters. The maximum atomic E-state index is 15.9. The normalized spacial score (nSPS) is 20.1. The Morgan fingerprint density at radius 1 is 0.952 bits per heavy atom. The van der Waals surface area contributed by atoms with Crippen molar-refractivity contribution >= 4 is 51.7 Å². The summed E-state index contributed by atoms with van der Waals surface area (Å²) < 4.78 is 19.7. The zero-order valence-electron chi connectivity index (χ0n) is 34.5. The van der Waals surface area contributed by atoms with E-state index in [0.717, 1.165) is 56.7 Å². The minimum atomic E-state index is -1.08. The van der Waals surface area contributed by atoms with Crippen LogP contribution in [0.3, 0.4) is 0 Å². The van der Waals surface area contributed by atoms with Gasteiger partial charge in [-0.3, -0.25) is 39.5 Å². The molecule has 19 heteroatoms. The average Bonchev–Trinajstić information content (AvgIpc) is 4.15. The van der Waals surface area contributed by atoms with E-state index in [0.29, 0.717) is 73.3 Å². The van der Waals surface area contributed by atoms with Gasteiger partial charge in [0.1, 0.15) is 17.6 Å². The van der Waals surface area contributed by atoms with E-state index in [9.17, 15) is 24.0 Å². The second-order valence-electron chi connectivity index (χ2n) is 17.0. The molecule has 0 radical (unpaired) electrons. The van der Waals surface area contributed by atoms with E-state index in [1.165, 1.54) is 27.9 Å². The molecule has 3 saturated heterocycles. The van der Waals surface area contributed by atoms with Gasteiger partial charge < -0.3 is 19.7 Å². The van der Waals surface area contributed by atoms with Gasteiger partial charge in [0.2, 0.25) is 17.7 Å². The largest absolute Gasteiger partial charge is 0.374 e. The van der Waals surface area contributed by atoms with Crippen LogP contribution in [-0.2, 0) is 38.7 Å². The van der Waals surface area contributed by atoms with Crippen LogP contribution in [0, 0.1) is 5.82 Å². The molecule has 3 aromatic heterocycles. The number of imide groups is 1. The first-order valence-electron chi connectivity index (χ1n) is 21.7. The van der Waals surface area contributed by atoms with Crippen LogP contribution >= 0.6 is 11.3 Å². The third-order valence-electron chi connectivity index (χ3n) is 13.2. The monoisotopic (exact) mass is 874 g/mol. The number of amides is 5. The predicted molar refractivity (Wildman–Crippen MR) is 229 cm³/mol. The minimum Gasteiger partial charge on any atom is -0.374 e. The molecule has 5 aliphatic rings. The molecule has 1 unspecified atom stereocenters. The van der Waals surface area contributed by atoms with E-state index in [2.05, 4.69) is 53.3 Å². The van der Waals surface area contributed by atoms with E-state index in [-0.39, 0.29) is 41.4 Å². The second-order valence-corrected chi connectivity index (χ2v) is 17.9. The molecule has 0 spiro atoms. The van der Waals surface area contributed by atoms with Gasteiger partial charge >= 0.3 is 0 Å². The lowest BCUT2D eigenvalue weighted by atomic mass is 9.89. The molecular weight excluding hydrogens is 828 g/mol. The first-order chi connectivity index (χ1) is 30.6. The summed E-state index contributed by atoms with van der Waals surface area (Å²) in [6.45, 7) is 3.90. The number of carbonyl (C=O) groups is 5. The van der Waals surface area contributed by atoms with Crippen molar-refractivity contribution in [1.29, 1.82) is 0 Å². The molecule has 5 aliphatic heterocycles. The minimum absolute atomic E-state index is 0.00167. The molecule has 17 nitrogen and oxygen atoms in total. The zero-order chi connectivity index (χ0) is 43.2. The number of likely N-dealkylation sites (tertiary alicyclic amines) is 2. The number of hydrogen-bond acceptors (Lipinski definition) is 12. The van der Waals surface area contributed by atoms with Crippen molar-refractivity contribution in [2.24, 2.45) is 0 Å². The Morgan fingerprint density at radius 3 is 2.52 bits per heavy atom. The molecule has 0 aliphatic carbocycles. The van der Waals surface area contributed by atoms with Gasteiger partial charge in [-0.2, -0.15) is 0 Å². The fourth-order valence-corrected chi connectivity index (χ4v) is 10.2. The number of nitrogens with zero attached hydrogens (tertiary/aromatic N) is 9. The summed E-state index contributed by atoms with van der Waals surface area (Å²) in [5, 5.41) is 19.4. The summed E-state index contributed by atoms with van der Waals surface area (Å²) in [4.78, 5) is 79.3. The Balaban J connectivity index is 0.728. The van der Waals surface area contributed by atoms with Crippen LogP contribution in [0.2, 0.25) is 0 Å². The maximum Gasteiger partial charge on any atom is 0.255 e. The molecular formula is C44H47FN12O5S. The van der Waals surface area contributed by atoms with E-state index >= 15 is 4.39 Å². The van der Waals surface area contributed by atoms with Gasteiger partial charge in [0.05, 0.1) is 37.3 Å². The standard InChI is InChI=1S/C44H47FN12O5S/c45-33-21-28(20-31-32(33)22-56(43(31)62)40(42(61)50-44-46-13-19-63-44)39-36-2-1-14-55(36)25-47-39)35-23-57(52-51-35)30-11-17-54(18-12-30)38(59)24-53-15-9-27(10-16-53)26-3-5-29(6-4-26)48-34-7-8-37(58)49-41(34)60/h3-6,13,19-21,23,25,27,30,34,40,48H,1-2,7-12,14-18,22,24H2,(H,46,50,61)(H,49,58,60)/t34-,40?/m0/s1. The number of fused-ring (bicyclic) bond motifs is 2. The molecule has 3 N–H and O–H groups in total. The Kier molecular flexibility index (Phi) is 11.0. The number of benzene rings is 2. The Labute approximate surface area is 366 Å². The van der Waals surface area contributed by atoms with Crippen LogP contribution in [0.15, 0.2) is 60.5 Å². The average molecular weight is 875 g/mol. The first kappa shape index (κ1) is 40.7. The lowest BCUT2D eigenvalue weighted by molar-refractivity contribution is -0.135. The fraction of sp³-hybridized carbons (Fsp3) is 0.432. The van der Waals surface area contributed by atoms with Crippen molar-refractivity contribution in [2.75, 3.05) is 43.4 Å². The summed E-state index contributed by atoms with van der Waals surface area (Å²) in [6.07, 6.45) is 10.8. The van der Waals surface area contributed by atoms with Crippen LogP contribution in [0.5, 0.6) is 0 Å². The van der Waals surface area contributed by atoms with E-state index in [4.69, 9.17) is 0 Å². The number of aryl methyl sites for hydroxylation is 1. The van der Waals surface area contributed by atoms with Crippen LogP contribution in [0.1, 0.15) is 95.8 Å². The predicted octanol–water partition coefficient (Wildman–Crippen LogP) is 4.28. The van der Waals surface area contributed by atoms with Crippen molar-refractivity contribution in [2.45, 2.75) is 88.5 Å². The lowest BCUT2D eigenvalue weighted by Crippen LogP contribution is -2.47. The Morgan fingerprint density at radius 2 is 1.76 bits per heavy atom. The highest BCUT2D eigenvalue weighted by Gasteiger charge is 2.42. The quantitative estimate of drug-likeness (QED) is 0.161. The van der Waals surface area contributed by atoms with Crippen LogP contribution in [0.25, 0.3) is 11.3 Å². The van der Waals surface area contributed by atoms with Crippen molar-refractivity contribution in [1.82, 2.24) is 49.5 Å². The van der Waals surface area contributed by atoms with Gasteiger partial charge in [-0.25, -0.2) is 19.0 Å². The molecule has 0 saturated carbocycles. The molecule has 3 fully saturated rings. The van der Waals surface area contributed by atoms with Gasteiger partial charge in [-0.1, -0.05) is 17.3 Å². The third kappa shape index (κ3) is 8.22. The number of nitrogens with one attached hydrogen (secondary N) is 3. The van der Waals surface area contributed by atoms with E-state index in [1.807, 2.05) is 21.6 Å². The summed E-state index contributed by atoms with van der Waals surface area (Å²) in [7, 11) is 0. The lowest BCUT2D eigenvalue weighted by Gasteiger charge is -2.36. The number of hydrogen-bond donors (Lipinski definition) is 3. The Hall–Kier alpha value is -6.34. The molecule has 5 aromatic rings. The molecule has 5 amide bonds. The number of imidazole rings is 1. The number of halogens is 1. The van der Waals surface area contributed by atoms with Crippen LogP contribution in [0.4, 0.5) is 15.2 Å². The summed E-state index contributed by atoms with van der Waals surface area (Å²) in [5.74, 6) is -1.50. The number of aromatic nitrogens is 6. The number of carbonyl (C=O) groups excluding carboxylic acids is 5. The number of thiazole rings is 1. The SMILES string of the molecule is O=C1CC[C@H](Nc2ccc(C3CCN(CC(=O)N4CCC(n5cc(-c6cc(F)c7c(c6)C(=O)N(C(C(=O)Nc6nccs6)c6ncn8c6CCC8)C7)nn5)CC4)CC3)cc2)C(=O)N1. The molecule has 2 aromatic carbocycles. The summed E-state index contributed by atoms with van der Waals surface area (Å²) in [6, 6.07) is 9.67. The van der Waals surface area contributed by atoms with E-state index in [1.54, 1.807) is 34.8 Å². The van der Waals surface area contributed by atoms with Crippen molar-refractivity contribution < 1.29 is 28.4 Å². The van der Waals surface area contributed by atoms with Gasteiger partial charge in [-0.05, 0) is 93.8 Å². The molecule has 0 bridgehead atoms. The highest BCUT2D eigenvalue weighted by Crippen LogP contribution is 2.38. The fourth-order valence-electron chi connectivity index (χ4n) is 9.71. The van der Waals surface area contributed by atoms with Crippen molar-refractivity contribution in [3.8, 4) is 11.3 Å². The van der Waals surface area contributed by atoms with Gasteiger partial charge in [0.15, 0.2) is 11.2 Å². The van der Waals surface area contributed by atoms with E-state index < -0.39 is 29.7 Å². The molecule has 326 valence electrons. The highest BCUT2D eigenvalue weighted by molar-refractivity contribution is 7.13. The number of rotatable bonds is 11. The number of anilines is 2. The van der Waals surface area contributed by atoms with Gasteiger partial charge in [0, 0.05) is 65.7 Å². The first-order valence-corrected chi connectivity index (χ1v) is 22.5. The van der Waals surface area contributed by atoms with Crippen LogP contribution in [-0.4, -0.2) is 113 Å². The zero-order valence-corrected chi connectivity index (χ0v) is 35.4. The van der Waals surface area contributed by atoms with Gasteiger partial charge in [-0.15, -0.1) is 16.4 Å². The van der Waals surface area contributed by atoms with Crippen molar-refractivity contribution in [3.63, 3.8) is 0 Å². The van der Waals surface area contributed by atoms with Crippen LogP contribution < -0.4 is 16.0 Å². The second kappa shape index (κ2) is 17.1. The maximum absolute atomic E-state index is 15.9. The molecule has 8 heterocycles. The highest BCUT2D eigenvalue weighted by atomic mass is 32.1.